The van der Waals surface area contributed by atoms with Gasteiger partial charge in [-0.1, -0.05) is 0 Å². The molecule has 2 heterocycles. The maximum absolute atomic E-state index is 5.99. The fourth-order valence-electron chi connectivity index (χ4n) is 2.32. The number of nitrogens with one attached hydrogen (secondary N) is 1. The maximum Gasteiger partial charge on any atom is 0.154 e. The Bertz CT molecular complexity index is 748. The van der Waals surface area contributed by atoms with Crippen LogP contribution in [0.5, 0.6) is 0 Å². The Kier molecular flexibility index (Phi) is 2.98. The van der Waals surface area contributed by atoms with Crippen LogP contribution in [0.25, 0.3) is 10.8 Å². The van der Waals surface area contributed by atoms with E-state index in [0.717, 1.165) is 28.0 Å². The summed E-state index contributed by atoms with van der Waals surface area (Å²) in [4.78, 5) is 4.17. The van der Waals surface area contributed by atoms with E-state index in [1.54, 1.807) is 12.5 Å². The Hall–Kier alpha value is -2.63. The molecule has 0 fully saturated rings. The highest BCUT2D eigenvalue weighted by molar-refractivity contribution is 6.00. The van der Waals surface area contributed by atoms with Crippen molar-refractivity contribution in [1.82, 2.24) is 19.7 Å². The van der Waals surface area contributed by atoms with E-state index in [1.807, 2.05) is 42.9 Å². The van der Waals surface area contributed by atoms with Crippen LogP contribution in [0.3, 0.4) is 0 Å². The molecule has 1 aromatic carbocycles. The molecular formula is C14H16N6. The summed E-state index contributed by atoms with van der Waals surface area (Å²) in [6.45, 7) is 2.04. The van der Waals surface area contributed by atoms with Crippen LogP contribution < -0.4 is 11.1 Å². The van der Waals surface area contributed by atoms with Gasteiger partial charge in [-0.25, -0.2) is 0 Å². The third kappa shape index (κ3) is 2.05. The van der Waals surface area contributed by atoms with E-state index in [0.29, 0.717) is 0 Å². The number of aromatic nitrogens is 4. The topological polar surface area (TPSA) is 81.7 Å². The van der Waals surface area contributed by atoms with Crippen molar-refractivity contribution in [2.45, 2.75) is 13.0 Å². The first-order valence-electron chi connectivity index (χ1n) is 6.39. The number of nitrogens with zero attached hydrogens (tertiary/aromatic N) is 4. The number of pyridine rings is 1. The zero-order valence-corrected chi connectivity index (χ0v) is 11.4. The van der Waals surface area contributed by atoms with E-state index in [-0.39, 0.29) is 6.04 Å². The van der Waals surface area contributed by atoms with Crippen LogP contribution in [0.4, 0.5) is 11.4 Å². The molecule has 2 aromatic heterocycles. The van der Waals surface area contributed by atoms with Crippen molar-refractivity contribution in [2.24, 2.45) is 7.05 Å². The molecule has 0 aliphatic heterocycles. The Labute approximate surface area is 116 Å². The smallest absolute Gasteiger partial charge is 0.154 e. The van der Waals surface area contributed by atoms with Gasteiger partial charge in [0.1, 0.15) is 6.33 Å². The largest absolute Gasteiger partial charge is 0.398 e. The molecule has 0 aliphatic rings. The number of rotatable bonds is 3. The van der Waals surface area contributed by atoms with Crippen LogP contribution in [0.2, 0.25) is 0 Å². The molecule has 3 rings (SSSR count). The van der Waals surface area contributed by atoms with E-state index < -0.39 is 0 Å². The summed E-state index contributed by atoms with van der Waals surface area (Å²) in [5, 5.41) is 13.5. The molecule has 0 bridgehead atoms. The van der Waals surface area contributed by atoms with Crippen molar-refractivity contribution in [3.63, 3.8) is 0 Å². The van der Waals surface area contributed by atoms with Crippen LogP contribution in [0, 0.1) is 0 Å². The molecule has 6 nitrogen and oxygen atoms in total. The normalized spacial score (nSPS) is 12.5. The highest BCUT2D eigenvalue weighted by atomic mass is 15.3. The fraction of sp³-hybridized carbons (Fsp3) is 0.214. The lowest BCUT2D eigenvalue weighted by Crippen LogP contribution is -2.12. The average Bonchev–Trinajstić information content (AvgIpc) is 2.88. The lowest BCUT2D eigenvalue weighted by molar-refractivity contribution is 0.720. The third-order valence-corrected chi connectivity index (χ3v) is 3.36. The zero-order chi connectivity index (χ0) is 14.1. The summed E-state index contributed by atoms with van der Waals surface area (Å²) >= 11 is 0. The van der Waals surface area contributed by atoms with Gasteiger partial charge in [0.2, 0.25) is 0 Å². The Balaban J connectivity index is 1.99. The minimum Gasteiger partial charge on any atom is -0.398 e. The van der Waals surface area contributed by atoms with Gasteiger partial charge in [-0.2, -0.15) is 0 Å². The van der Waals surface area contributed by atoms with Gasteiger partial charge in [-0.05, 0) is 25.1 Å². The number of aryl methyl sites for hydroxylation is 1. The summed E-state index contributed by atoms with van der Waals surface area (Å²) in [7, 11) is 1.93. The Morgan fingerprint density at radius 1 is 1.25 bits per heavy atom. The maximum atomic E-state index is 5.99. The van der Waals surface area contributed by atoms with Crippen molar-refractivity contribution in [3.8, 4) is 0 Å². The van der Waals surface area contributed by atoms with Crippen molar-refractivity contribution in [1.29, 1.82) is 0 Å². The van der Waals surface area contributed by atoms with E-state index in [4.69, 9.17) is 5.73 Å². The first-order valence-corrected chi connectivity index (χ1v) is 6.39. The minimum atomic E-state index is 0.0366. The molecule has 1 atom stereocenters. The quantitative estimate of drug-likeness (QED) is 0.711. The van der Waals surface area contributed by atoms with Crippen LogP contribution in [-0.2, 0) is 7.05 Å². The number of hydrogen-bond acceptors (Lipinski definition) is 5. The molecule has 6 heteroatoms. The first-order chi connectivity index (χ1) is 9.66. The summed E-state index contributed by atoms with van der Waals surface area (Å²) < 4.78 is 1.90. The number of hydrogen-bond donors (Lipinski definition) is 2. The van der Waals surface area contributed by atoms with Crippen molar-refractivity contribution < 1.29 is 0 Å². The van der Waals surface area contributed by atoms with Gasteiger partial charge in [0.15, 0.2) is 5.82 Å². The molecule has 102 valence electrons. The number of benzene rings is 1. The molecule has 0 saturated heterocycles. The monoisotopic (exact) mass is 268 g/mol. The summed E-state index contributed by atoms with van der Waals surface area (Å²) in [5.74, 6) is 0.874. The van der Waals surface area contributed by atoms with Gasteiger partial charge in [0.25, 0.3) is 0 Å². The first kappa shape index (κ1) is 12.4. The van der Waals surface area contributed by atoms with Gasteiger partial charge in [0, 0.05) is 41.6 Å². The van der Waals surface area contributed by atoms with Crippen LogP contribution in [0.15, 0.2) is 36.9 Å². The van der Waals surface area contributed by atoms with E-state index in [2.05, 4.69) is 20.5 Å². The highest BCUT2D eigenvalue weighted by Gasteiger charge is 2.13. The summed E-state index contributed by atoms with van der Waals surface area (Å²) in [6, 6.07) is 5.82. The average molecular weight is 268 g/mol. The Morgan fingerprint density at radius 2 is 2.10 bits per heavy atom. The lowest BCUT2D eigenvalue weighted by Gasteiger charge is -2.16. The van der Waals surface area contributed by atoms with Crippen molar-refractivity contribution in [3.05, 3.63) is 42.7 Å². The van der Waals surface area contributed by atoms with Gasteiger partial charge >= 0.3 is 0 Å². The second-order valence-electron chi connectivity index (χ2n) is 4.79. The van der Waals surface area contributed by atoms with Gasteiger partial charge in [0.05, 0.1) is 6.04 Å². The van der Waals surface area contributed by atoms with Gasteiger partial charge in [-0.15, -0.1) is 10.2 Å². The molecule has 3 aromatic rings. The molecule has 0 saturated carbocycles. The zero-order valence-electron chi connectivity index (χ0n) is 11.4. The van der Waals surface area contributed by atoms with Crippen molar-refractivity contribution >= 4 is 22.1 Å². The standard InChI is InChI=1S/C14H16N6/c1-9(14-19-17-8-20(14)2)18-13-4-3-12(15)10-5-6-16-7-11(10)13/h3-9,18H,15H2,1-2H3. The number of nitrogens with two attached hydrogens (primary N) is 1. The predicted molar refractivity (Wildman–Crippen MR) is 79.2 cm³/mol. The van der Waals surface area contributed by atoms with Crippen LogP contribution >= 0.6 is 0 Å². The SMILES string of the molecule is CC(Nc1ccc(N)c2ccncc12)c1nncn1C. The summed E-state index contributed by atoms with van der Waals surface area (Å²) in [5.41, 5.74) is 7.73. The van der Waals surface area contributed by atoms with E-state index in [9.17, 15) is 0 Å². The lowest BCUT2D eigenvalue weighted by atomic mass is 10.1. The molecule has 0 radical (unpaired) electrons. The summed E-state index contributed by atoms with van der Waals surface area (Å²) in [6.07, 6.45) is 5.25. The number of fused-ring (bicyclic) bond motifs is 1. The van der Waals surface area contributed by atoms with Gasteiger partial charge < -0.3 is 15.6 Å². The molecule has 0 spiro atoms. The number of nitrogen functional groups attached to an aromatic ring is 1. The molecule has 20 heavy (non-hydrogen) atoms. The fourth-order valence-corrected chi connectivity index (χ4v) is 2.32. The van der Waals surface area contributed by atoms with Crippen LogP contribution in [-0.4, -0.2) is 19.7 Å². The minimum absolute atomic E-state index is 0.0366. The molecule has 3 N–H and O–H groups in total. The van der Waals surface area contributed by atoms with Crippen molar-refractivity contribution in [2.75, 3.05) is 11.1 Å². The molecule has 0 amide bonds. The molecule has 1 unspecified atom stereocenters. The number of anilines is 2. The van der Waals surface area contributed by atoms with Crippen LogP contribution in [0.1, 0.15) is 18.8 Å². The highest BCUT2D eigenvalue weighted by Crippen LogP contribution is 2.29. The molecule has 0 aliphatic carbocycles. The second-order valence-corrected chi connectivity index (χ2v) is 4.79. The van der Waals surface area contributed by atoms with E-state index in [1.165, 1.54) is 0 Å². The Morgan fingerprint density at radius 3 is 2.85 bits per heavy atom. The predicted octanol–water partition coefficient (Wildman–Crippen LogP) is 2.12. The second kappa shape index (κ2) is 4.80. The molecular weight excluding hydrogens is 252 g/mol. The van der Waals surface area contributed by atoms with E-state index >= 15 is 0 Å². The third-order valence-electron chi connectivity index (χ3n) is 3.36. The van der Waals surface area contributed by atoms with Gasteiger partial charge in [-0.3, -0.25) is 4.98 Å².